The molecule has 0 aliphatic carbocycles. The molecule has 0 aliphatic rings. The molecule has 0 radical (unpaired) electrons. The van der Waals surface area contributed by atoms with Crippen molar-refractivity contribution in [2.45, 2.75) is 348 Å². The Hall–Kier alpha value is -2.63. The highest BCUT2D eigenvalue weighted by Gasteiger charge is 2.19. The molecule has 1 unspecified atom stereocenters. The van der Waals surface area contributed by atoms with Crippen LogP contribution in [0.25, 0.3) is 0 Å². The van der Waals surface area contributed by atoms with Gasteiger partial charge in [-0.3, -0.25) is 14.4 Å². The van der Waals surface area contributed by atoms with Crippen molar-refractivity contribution in [1.29, 1.82) is 0 Å². The Balaban J connectivity index is 3.91. The lowest BCUT2D eigenvalue weighted by atomic mass is 10.0. The third-order valence-electron chi connectivity index (χ3n) is 14.3. The number of unbranched alkanes of at least 4 members (excludes halogenated alkanes) is 40. The van der Waals surface area contributed by atoms with Gasteiger partial charge in [0.2, 0.25) is 0 Å². The molecule has 0 aromatic carbocycles. The van der Waals surface area contributed by atoms with E-state index in [1.807, 2.05) is 0 Å². The summed E-state index contributed by atoms with van der Waals surface area (Å²) in [5, 5.41) is 0. The molecule has 0 heterocycles. The van der Waals surface area contributed by atoms with Gasteiger partial charge in [0.25, 0.3) is 0 Å². The summed E-state index contributed by atoms with van der Waals surface area (Å²) in [6.07, 6.45) is 77.4. The summed E-state index contributed by atoms with van der Waals surface area (Å²) in [6, 6.07) is 0. The van der Waals surface area contributed by atoms with Gasteiger partial charge < -0.3 is 14.2 Å². The molecule has 0 fully saturated rings. The molecule has 0 amide bonds. The fourth-order valence-corrected chi connectivity index (χ4v) is 9.56. The summed E-state index contributed by atoms with van der Waals surface area (Å²) in [5.74, 6) is -0.850. The monoisotopic (exact) mass is 1020 g/mol. The molecule has 0 bridgehead atoms. The Morgan fingerprint density at radius 2 is 0.534 bits per heavy atom. The quantitative estimate of drug-likeness (QED) is 0.0261. The lowest BCUT2D eigenvalue weighted by Gasteiger charge is -2.18. The highest BCUT2D eigenvalue weighted by Crippen LogP contribution is 2.18. The Labute approximate surface area is 454 Å². The SMILES string of the molecule is CC/C=C\C/C=C\C/C=C\C/C=C\CCCCCCCCCCCCCCCCCCCCCCCCC(=O)OCC(COC(=O)CCCCCCCCCC)OC(=O)CCCCCCCCCCCCCC. The molecule has 0 aromatic heterocycles. The number of hydrogen-bond donors (Lipinski definition) is 0. The maximum Gasteiger partial charge on any atom is 0.306 e. The van der Waals surface area contributed by atoms with Crippen LogP contribution in [0.15, 0.2) is 48.6 Å². The van der Waals surface area contributed by atoms with Crippen molar-refractivity contribution in [3.8, 4) is 0 Å². The summed E-state index contributed by atoms with van der Waals surface area (Å²) >= 11 is 0. The van der Waals surface area contributed by atoms with Crippen molar-refractivity contribution in [3.63, 3.8) is 0 Å². The molecule has 426 valence electrons. The number of ether oxygens (including phenoxy) is 3. The van der Waals surface area contributed by atoms with Crippen molar-refractivity contribution >= 4 is 17.9 Å². The Kier molecular flexibility index (Phi) is 59.7. The van der Waals surface area contributed by atoms with Gasteiger partial charge >= 0.3 is 17.9 Å². The maximum atomic E-state index is 12.8. The second-order valence-corrected chi connectivity index (χ2v) is 21.7. The molecular formula is C67H122O6. The summed E-state index contributed by atoms with van der Waals surface area (Å²) in [4.78, 5) is 38.0. The van der Waals surface area contributed by atoms with E-state index in [0.29, 0.717) is 19.3 Å². The lowest BCUT2D eigenvalue weighted by molar-refractivity contribution is -0.167. The number of carbonyl (C=O) groups excluding carboxylic acids is 3. The second kappa shape index (κ2) is 61.9. The minimum Gasteiger partial charge on any atom is -0.462 e. The van der Waals surface area contributed by atoms with E-state index in [4.69, 9.17) is 14.2 Å². The largest absolute Gasteiger partial charge is 0.462 e. The van der Waals surface area contributed by atoms with Gasteiger partial charge in [-0.2, -0.15) is 0 Å². The lowest BCUT2D eigenvalue weighted by Crippen LogP contribution is -2.30. The van der Waals surface area contributed by atoms with E-state index in [9.17, 15) is 14.4 Å². The van der Waals surface area contributed by atoms with Gasteiger partial charge in [0, 0.05) is 19.3 Å². The van der Waals surface area contributed by atoms with Crippen molar-refractivity contribution in [2.75, 3.05) is 13.2 Å². The van der Waals surface area contributed by atoms with Crippen LogP contribution < -0.4 is 0 Å². The molecule has 6 nitrogen and oxygen atoms in total. The van der Waals surface area contributed by atoms with E-state index in [1.165, 1.54) is 218 Å². The predicted octanol–water partition coefficient (Wildman–Crippen LogP) is 21.8. The van der Waals surface area contributed by atoms with E-state index in [2.05, 4.69) is 69.4 Å². The van der Waals surface area contributed by atoms with E-state index < -0.39 is 6.10 Å². The fourth-order valence-electron chi connectivity index (χ4n) is 9.56. The van der Waals surface area contributed by atoms with Crippen molar-refractivity contribution in [3.05, 3.63) is 48.6 Å². The fraction of sp³-hybridized carbons (Fsp3) is 0.836. The summed E-state index contributed by atoms with van der Waals surface area (Å²) in [5.41, 5.74) is 0. The molecule has 0 rings (SSSR count). The zero-order valence-corrected chi connectivity index (χ0v) is 48.9. The number of allylic oxidation sites excluding steroid dienone is 8. The minimum absolute atomic E-state index is 0.0656. The van der Waals surface area contributed by atoms with Crippen LogP contribution in [0.4, 0.5) is 0 Å². The Morgan fingerprint density at radius 3 is 0.836 bits per heavy atom. The molecular weight excluding hydrogens is 901 g/mol. The van der Waals surface area contributed by atoms with Gasteiger partial charge in [0.05, 0.1) is 0 Å². The molecule has 0 saturated heterocycles. The third kappa shape index (κ3) is 60.1. The standard InChI is InChI=1S/C67H122O6/c1-4-7-10-13-16-19-21-23-24-25-26-27-28-29-30-31-32-33-34-35-36-37-38-39-40-41-42-43-44-45-47-48-51-54-57-60-66(69)72-63-64(62-71-65(68)59-56-53-50-18-15-12-9-6-3)73-67(70)61-58-55-52-49-46-22-20-17-14-11-8-5-2/h7,10,16,19,23-24,26-27,64H,4-6,8-9,11-15,17-18,20-22,25,28-63H2,1-3H3/b10-7-,19-16-,24-23-,27-26-. The van der Waals surface area contributed by atoms with Gasteiger partial charge in [0.15, 0.2) is 6.10 Å². The number of esters is 3. The van der Waals surface area contributed by atoms with Gasteiger partial charge in [-0.25, -0.2) is 0 Å². The molecule has 1 atom stereocenters. The first-order valence-electron chi connectivity index (χ1n) is 32.1. The van der Waals surface area contributed by atoms with Crippen LogP contribution in [0.5, 0.6) is 0 Å². The van der Waals surface area contributed by atoms with Crippen molar-refractivity contribution in [1.82, 2.24) is 0 Å². The van der Waals surface area contributed by atoms with Gasteiger partial charge in [-0.1, -0.05) is 313 Å². The summed E-state index contributed by atoms with van der Waals surface area (Å²) in [7, 11) is 0. The molecule has 0 aliphatic heterocycles. The average Bonchev–Trinajstić information content (AvgIpc) is 3.39. The first kappa shape index (κ1) is 70.4. The van der Waals surface area contributed by atoms with Crippen LogP contribution in [0.2, 0.25) is 0 Å². The van der Waals surface area contributed by atoms with Crippen LogP contribution in [0, 0.1) is 0 Å². The van der Waals surface area contributed by atoms with Crippen LogP contribution in [-0.4, -0.2) is 37.2 Å². The summed E-state index contributed by atoms with van der Waals surface area (Å²) in [6.45, 7) is 6.53. The van der Waals surface area contributed by atoms with Crippen molar-refractivity contribution < 1.29 is 28.6 Å². The Morgan fingerprint density at radius 1 is 0.288 bits per heavy atom. The highest BCUT2D eigenvalue weighted by molar-refractivity contribution is 5.71. The zero-order valence-electron chi connectivity index (χ0n) is 48.9. The molecule has 73 heavy (non-hydrogen) atoms. The molecule has 0 aromatic rings. The van der Waals surface area contributed by atoms with E-state index in [0.717, 1.165) is 83.5 Å². The first-order valence-corrected chi connectivity index (χ1v) is 32.1. The van der Waals surface area contributed by atoms with Crippen LogP contribution in [0.1, 0.15) is 342 Å². The smallest absolute Gasteiger partial charge is 0.306 e. The van der Waals surface area contributed by atoms with Crippen LogP contribution >= 0.6 is 0 Å². The minimum atomic E-state index is -0.764. The van der Waals surface area contributed by atoms with Crippen LogP contribution in [-0.2, 0) is 28.6 Å². The summed E-state index contributed by atoms with van der Waals surface area (Å²) < 4.78 is 16.8. The Bertz CT molecular complexity index is 1270. The zero-order chi connectivity index (χ0) is 52.9. The number of hydrogen-bond acceptors (Lipinski definition) is 6. The van der Waals surface area contributed by atoms with Gasteiger partial charge in [-0.15, -0.1) is 0 Å². The second-order valence-electron chi connectivity index (χ2n) is 21.7. The topological polar surface area (TPSA) is 78.9 Å². The molecule has 0 spiro atoms. The molecule has 6 heteroatoms. The molecule has 0 saturated carbocycles. The first-order chi connectivity index (χ1) is 36.0. The molecule has 0 N–H and O–H groups in total. The maximum absolute atomic E-state index is 12.8. The van der Waals surface area contributed by atoms with Gasteiger partial charge in [0.1, 0.15) is 13.2 Å². The van der Waals surface area contributed by atoms with Crippen LogP contribution in [0.3, 0.4) is 0 Å². The van der Waals surface area contributed by atoms with E-state index in [1.54, 1.807) is 0 Å². The van der Waals surface area contributed by atoms with Crippen molar-refractivity contribution in [2.24, 2.45) is 0 Å². The van der Waals surface area contributed by atoms with Gasteiger partial charge in [-0.05, 0) is 57.8 Å². The number of rotatable bonds is 59. The number of carbonyl (C=O) groups is 3. The highest BCUT2D eigenvalue weighted by atomic mass is 16.6. The predicted molar refractivity (Wildman–Crippen MR) is 316 cm³/mol. The third-order valence-corrected chi connectivity index (χ3v) is 14.3. The van der Waals surface area contributed by atoms with E-state index in [-0.39, 0.29) is 31.1 Å². The van der Waals surface area contributed by atoms with E-state index >= 15 is 0 Å². The average molecular weight is 1020 g/mol. The normalized spacial score (nSPS) is 12.3.